The Morgan fingerprint density at radius 3 is 2.48 bits per heavy atom. The fraction of sp³-hybridized carbons (Fsp3) is 0.409. The van der Waals surface area contributed by atoms with Gasteiger partial charge >= 0.3 is 6.09 Å². The molecule has 1 aliphatic heterocycles. The molecule has 0 bridgehead atoms. The van der Waals surface area contributed by atoms with Crippen molar-refractivity contribution in [1.82, 2.24) is 0 Å². The quantitative estimate of drug-likeness (QED) is 0.721. The number of hydrogen-bond donors (Lipinski definition) is 0. The lowest BCUT2D eigenvalue weighted by Gasteiger charge is -2.26. The number of anilines is 1. The van der Waals surface area contributed by atoms with E-state index in [1.807, 2.05) is 65.0 Å². The van der Waals surface area contributed by atoms with Crippen molar-refractivity contribution in [1.29, 1.82) is 0 Å². The standard InChI is InChI=1S/C22H26FNO3/c1-21(2,3)27-20(25)24-14-22(4,5)19-17(23)11-16(12-18(19)24)26-13-15-9-7-6-8-10-15/h6-12H,13-14H2,1-5H3. The van der Waals surface area contributed by atoms with Crippen LogP contribution < -0.4 is 9.64 Å². The van der Waals surface area contributed by atoms with Crippen LogP contribution in [0.3, 0.4) is 0 Å². The number of halogens is 1. The summed E-state index contributed by atoms with van der Waals surface area (Å²) in [6.45, 7) is 9.96. The zero-order chi connectivity index (χ0) is 19.8. The van der Waals surface area contributed by atoms with Gasteiger partial charge in [0.2, 0.25) is 0 Å². The molecule has 3 rings (SSSR count). The van der Waals surface area contributed by atoms with Crippen molar-refractivity contribution < 1.29 is 18.7 Å². The minimum absolute atomic E-state index is 0.328. The summed E-state index contributed by atoms with van der Waals surface area (Å²) in [5.41, 5.74) is 0.888. The third kappa shape index (κ3) is 4.24. The number of amides is 1. The summed E-state index contributed by atoms with van der Waals surface area (Å²) >= 11 is 0. The first kappa shape index (κ1) is 19.2. The number of fused-ring (bicyclic) bond motifs is 1. The van der Waals surface area contributed by atoms with Gasteiger partial charge in [0.15, 0.2) is 0 Å². The normalized spacial score (nSPS) is 15.4. The lowest BCUT2D eigenvalue weighted by Crippen LogP contribution is -2.38. The van der Waals surface area contributed by atoms with Crippen LogP contribution in [-0.4, -0.2) is 18.2 Å². The molecular formula is C22H26FNO3. The first-order valence-corrected chi connectivity index (χ1v) is 9.08. The van der Waals surface area contributed by atoms with Crippen molar-refractivity contribution in [3.05, 3.63) is 59.4 Å². The molecule has 5 heteroatoms. The van der Waals surface area contributed by atoms with Crippen LogP contribution in [0.2, 0.25) is 0 Å². The summed E-state index contributed by atoms with van der Waals surface area (Å²) in [5.74, 6) is 0.0213. The molecule has 0 saturated carbocycles. The lowest BCUT2D eigenvalue weighted by atomic mass is 9.86. The van der Waals surface area contributed by atoms with Gasteiger partial charge in [-0.15, -0.1) is 0 Å². The first-order valence-electron chi connectivity index (χ1n) is 9.08. The summed E-state index contributed by atoms with van der Waals surface area (Å²) in [7, 11) is 0. The number of carbonyl (C=O) groups excluding carboxylic acids is 1. The summed E-state index contributed by atoms with van der Waals surface area (Å²) in [6, 6.07) is 12.8. The summed E-state index contributed by atoms with van der Waals surface area (Å²) < 4.78 is 26.2. The van der Waals surface area contributed by atoms with Gasteiger partial charge in [-0.1, -0.05) is 44.2 Å². The van der Waals surface area contributed by atoms with Gasteiger partial charge in [0.05, 0.1) is 5.69 Å². The fourth-order valence-corrected chi connectivity index (χ4v) is 3.31. The van der Waals surface area contributed by atoms with Gasteiger partial charge in [0.1, 0.15) is 23.8 Å². The SMILES string of the molecule is CC(C)(C)OC(=O)N1CC(C)(C)c2c(F)cc(OCc3ccccc3)cc21. The van der Waals surface area contributed by atoms with Crippen molar-refractivity contribution in [2.24, 2.45) is 0 Å². The number of ether oxygens (including phenoxy) is 2. The van der Waals surface area contributed by atoms with Gasteiger partial charge in [-0.3, -0.25) is 4.90 Å². The van der Waals surface area contributed by atoms with Crippen molar-refractivity contribution in [3.8, 4) is 5.75 Å². The Morgan fingerprint density at radius 1 is 1.19 bits per heavy atom. The highest BCUT2D eigenvalue weighted by Crippen LogP contribution is 2.44. The number of nitrogens with zero attached hydrogens (tertiary/aromatic N) is 1. The van der Waals surface area contributed by atoms with Crippen LogP contribution in [0.4, 0.5) is 14.9 Å². The Labute approximate surface area is 159 Å². The molecule has 1 amide bonds. The maximum atomic E-state index is 14.9. The van der Waals surface area contributed by atoms with Crippen molar-refractivity contribution >= 4 is 11.8 Å². The van der Waals surface area contributed by atoms with Gasteiger partial charge < -0.3 is 9.47 Å². The molecule has 1 aliphatic rings. The smallest absolute Gasteiger partial charge is 0.414 e. The van der Waals surface area contributed by atoms with Crippen LogP contribution in [0, 0.1) is 5.82 Å². The van der Waals surface area contributed by atoms with E-state index in [9.17, 15) is 9.18 Å². The van der Waals surface area contributed by atoms with E-state index in [-0.39, 0.29) is 5.82 Å². The average Bonchev–Trinajstić information content (AvgIpc) is 2.84. The largest absolute Gasteiger partial charge is 0.489 e. The molecular weight excluding hydrogens is 345 g/mol. The molecule has 0 aromatic heterocycles. The molecule has 2 aromatic rings. The average molecular weight is 371 g/mol. The third-order valence-corrected chi connectivity index (χ3v) is 4.43. The predicted molar refractivity (Wildman–Crippen MR) is 104 cm³/mol. The second-order valence-electron chi connectivity index (χ2n) is 8.52. The predicted octanol–water partition coefficient (Wildman–Crippen LogP) is 5.44. The zero-order valence-corrected chi connectivity index (χ0v) is 16.5. The van der Waals surface area contributed by atoms with Crippen molar-refractivity contribution in [2.45, 2.75) is 52.2 Å². The van der Waals surface area contributed by atoms with E-state index < -0.39 is 17.1 Å². The summed E-state index contributed by atoms with van der Waals surface area (Å²) in [4.78, 5) is 14.2. The highest BCUT2D eigenvalue weighted by atomic mass is 19.1. The molecule has 144 valence electrons. The first-order chi connectivity index (χ1) is 12.6. The van der Waals surface area contributed by atoms with E-state index in [4.69, 9.17) is 9.47 Å². The Bertz CT molecular complexity index is 841. The van der Waals surface area contributed by atoms with E-state index >= 15 is 0 Å². The van der Waals surface area contributed by atoms with Crippen LogP contribution in [0.25, 0.3) is 0 Å². The van der Waals surface area contributed by atoms with Crippen LogP contribution in [0.5, 0.6) is 5.75 Å². The molecule has 0 N–H and O–H groups in total. The number of carbonyl (C=O) groups is 1. The van der Waals surface area contributed by atoms with Crippen molar-refractivity contribution in [3.63, 3.8) is 0 Å². The van der Waals surface area contributed by atoms with E-state index in [0.717, 1.165) is 5.56 Å². The molecule has 0 aliphatic carbocycles. The van der Waals surface area contributed by atoms with Crippen molar-refractivity contribution in [2.75, 3.05) is 11.4 Å². The van der Waals surface area contributed by atoms with E-state index in [0.29, 0.717) is 30.2 Å². The molecule has 27 heavy (non-hydrogen) atoms. The number of hydrogen-bond acceptors (Lipinski definition) is 3. The molecule has 0 atom stereocenters. The fourth-order valence-electron chi connectivity index (χ4n) is 3.31. The van der Waals surface area contributed by atoms with Gasteiger partial charge in [-0.05, 0) is 26.3 Å². The molecule has 2 aromatic carbocycles. The molecule has 0 saturated heterocycles. The van der Waals surface area contributed by atoms with Gasteiger partial charge in [0, 0.05) is 29.7 Å². The van der Waals surface area contributed by atoms with E-state index in [1.165, 1.54) is 11.0 Å². The summed E-state index contributed by atoms with van der Waals surface area (Å²) in [5, 5.41) is 0. The molecule has 0 unspecified atom stereocenters. The molecule has 0 radical (unpaired) electrons. The minimum Gasteiger partial charge on any atom is -0.489 e. The van der Waals surface area contributed by atoms with Gasteiger partial charge in [-0.25, -0.2) is 9.18 Å². The second kappa shape index (κ2) is 6.87. The Kier molecular flexibility index (Phi) is 4.89. The highest BCUT2D eigenvalue weighted by Gasteiger charge is 2.42. The Balaban J connectivity index is 1.90. The molecule has 0 spiro atoms. The highest BCUT2D eigenvalue weighted by molar-refractivity contribution is 5.92. The van der Waals surface area contributed by atoms with E-state index in [1.54, 1.807) is 6.07 Å². The summed E-state index contributed by atoms with van der Waals surface area (Å²) in [6.07, 6.45) is -0.478. The van der Waals surface area contributed by atoms with E-state index in [2.05, 4.69) is 0 Å². The second-order valence-corrected chi connectivity index (χ2v) is 8.52. The topological polar surface area (TPSA) is 38.8 Å². The Hall–Kier alpha value is -2.56. The maximum Gasteiger partial charge on any atom is 0.414 e. The Morgan fingerprint density at radius 2 is 1.85 bits per heavy atom. The number of benzene rings is 2. The van der Waals surface area contributed by atoms with Crippen LogP contribution in [-0.2, 0) is 16.8 Å². The van der Waals surface area contributed by atoms with Crippen LogP contribution in [0.1, 0.15) is 45.7 Å². The minimum atomic E-state index is -0.621. The van der Waals surface area contributed by atoms with Crippen LogP contribution >= 0.6 is 0 Å². The monoisotopic (exact) mass is 371 g/mol. The maximum absolute atomic E-state index is 14.9. The molecule has 1 heterocycles. The van der Waals surface area contributed by atoms with Gasteiger partial charge in [-0.2, -0.15) is 0 Å². The van der Waals surface area contributed by atoms with Gasteiger partial charge in [0.25, 0.3) is 0 Å². The zero-order valence-electron chi connectivity index (χ0n) is 16.5. The number of rotatable bonds is 3. The third-order valence-electron chi connectivity index (χ3n) is 4.43. The lowest BCUT2D eigenvalue weighted by molar-refractivity contribution is 0.0579. The molecule has 0 fully saturated rings. The van der Waals surface area contributed by atoms with Crippen LogP contribution in [0.15, 0.2) is 42.5 Å². The molecule has 4 nitrogen and oxygen atoms in total.